The number of aliphatic imine (C=N–C) groups is 1. The van der Waals surface area contributed by atoms with E-state index in [0.717, 1.165) is 44.0 Å². The number of halogens is 1. The van der Waals surface area contributed by atoms with Crippen LogP contribution >= 0.6 is 24.0 Å². The van der Waals surface area contributed by atoms with Gasteiger partial charge in [0.15, 0.2) is 5.96 Å². The molecule has 2 amide bonds. The molecule has 1 aromatic rings. The minimum absolute atomic E-state index is 0. The zero-order valence-corrected chi connectivity index (χ0v) is 23.1. The molecule has 0 spiro atoms. The van der Waals surface area contributed by atoms with Gasteiger partial charge in [0.25, 0.3) is 5.91 Å². The highest BCUT2D eigenvalue weighted by Gasteiger charge is 2.27. The first-order chi connectivity index (χ1) is 15.1. The van der Waals surface area contributed by atoms with E-state index in [1.165, 1.54) is 0 Å². The van der Waals surface area contributed by atoms with Crippen LogP contribution < -0.4 is 10.6 Å². The SMILES string of the molecule is CCNC(=NCc1ccc(C(=O)N(C)C)cc1)NCC1CCCN(C(=O)OC(C)(C)C)C1.I. The number of hydrogen-bond acceptors (Lipinski definition) is 4. The van der Waals surface area contributed by atoms with Gasteiger partial charge < -0.3 is 25.2 Å². The molecular formula is C24H40IN5O3. The van der Waals surface area contributed by atoms with Crippen molar-refractivity contribution in [2.75, 3.05) is 40.3 Å². The number of benzene rings is 1. The van der Waals surface area contributed by atoms with Crippen molar-refractivity contribution < 1.29 is 14.3 Å². The molecule has 0 saturated carbocycles. The molecule has 0 aromatic heterocycles. The van der Waals surface area contributed by atoms with Crippen LogP contribution in [0.5, 0.6) is 0 Å². The first kappa shape index (κ1) is 29.0. The molecule has 186 valence electrons. The number of rotatable bonds is 6. The third-order valence-electron chi connectivity index (χ3n) is 5.10. The zero-order valence-electron chi connectivity index (χ0n) is 20.8. The third-order valence-corrected chi connectivity index (χ3v) is 5.10. The van der Waals surface area contributed by atoms with Gasteiger partial charge in [-0.05, 0) is 64.2 Å². The molecule has 1 atom stereocenters. The maximum absolute atomic E-state index is 12.4. The van der Waals surface area contributed by atoms with Gasteiger partial charge in [0.2, 0.25) is 0 Å². The monoisotopic (exact) mass is 573 g/mol. The van der Waals surface area contributed by atoms with Crippen molar-refractivity contribution in [2.45, 2.75) is 52.7 Å². The van der Waals surface area contributed by atoms with Crippen molar-refractivity contribution in [3.63, 3.8) is 0 Å². The number of likely N-dealkylation sites (tertiary alicyclic amines) is 1. The second kappa shape index (κ2) is 13.6. The summed E-state index contributed by atoms with van der Waals surface area (Å²) in [6.07, 6.45) is 1.80. The lowest BCUT2D eigenvalue weighted by atomic mass is 9.98. The van der Waals surface area contributed by atoms with Crippen LogP contribution in [-0.4, -0.2) is 73.6 Å². The van der Waals surface area contributed by atoms with E-state index in [1.807, 2.05) is 56.9 Å². The minimum atomic E-state index is -0.481. The first-order valence-electron chi connectivity index (χ1n) is 11.4. The fourth-order valence-electron chi connectivity index (χ4n) is 3.49. The summed E-state index contributed by atoms with van der Waals surface area (Å²) in [5.74, 6) is 1.08. The molecule has 9 heteroatoms. The Balaban J connectivity index is 0.00000544. The Bertz CT molecular complexity index is 790. The van der Waals surface area contributed by atoms with E-state index in [0.29, 0.717) is 24.6 Å². The molecule has 1 saturated heterocycles. The van der Waals surface area contributed by atoms with Gasteiger partial charge in [0.1, 0.15) is 5.60 Å². The highest BCUT2D eigenvalue weighted by Crippen LogP contribution is 2.19. The lowest BCUT2D eigenvalue weighted by Gasteiger charge is -2.34. The van der Waals surface area contributed by atoms with E-state index in [4.69, 9.17) is 4.74 Å². The highest BCUT2D eigenvalue weighted by molar-refractivity contribution is 14.0. The van der Waals surface area contributed by atoms with E-state index in [1.54, 1.807) is 19.0 Å². The number of hydrogen-bond donors (Lipinski definition) is 2. The minimum Gasteiger partial charge on any atom is -0.444 e. The average molecular weight is 574 g/mol. The van der Waals surface area contributed by atoms with Crippen molar-refractivity contribution in [2.24, 2.45) is 10.9 Å². The van der Waals surface area contributed by atoms with Crippen molar-refractivity contribution in [3.05, 3.63) is 35.4 Å². The molecule has 0 radical (unpaired) electrons. The molecule has 1 aliphatic heterocycles. The molecule has 0 bridgehead atoms. The lowest BCUT2D eigenvalue weighted by molar-refractivity contribution is 0.0168. The van der Waals surface area contributed by atoms with E-state index in [2.05, 4.69) is 15.6 Å². The molecule has 8 nitrogen and oxygen atoms in total. The van der Waals surface area contributed by atoms with Crippen LogP contribution in [0.4, 0.5) is 4.79 Å². The number of carbonyl (C=O) groups is 2. The first-order valence-corrected chi connectivity index (χ1v) is 11.4. The summed E-state index contributed by atoms with van der Waals surface area (Å²) >= 11 is 0. The fourth-order valence-corrected chi connectivity index (χ4v) is 3.49. The number of carbonyl (C=O) groups excluding carboxylic acids is 2. The molecular weight excluding hydrogens is 533 g/mol. The second-order valence-corrected chi connectivity index (χ2v) is 9.41. The molecule has 1 heterocycles. The van der Waals surface area contributed by atoms with E-state index in [9.17, 15) is 9.59 Å². The van der Waals surface area contributed by atoms with E-state index in [-0.39, 0.29) is 36.0 Å². The zero-order chi connectivity index (χ0) is 23.7. The van der Waals surface area contributed by atoms with E-state index < -0.39 is 5.60 Å². The summed E-state index contributed by atoms with van der Waals surface area (Å²) in [4.78, 5) is 32.5. The summed E-state index contributed by atoms with van der Waals surface area (Å²) in [7, 11) is 3.49. The molecule has 2 N–H and O–H groups in total. The number of amides is 2. The number of piperidine rings is 1. The Morgan fingerprint density at radius 1 is 1.18 bits per heavy atom. The summed E-state index contributed by atoms with van der Waals surface area (Å²) < 4.78 is 5.52. The molecule has 1 aliphatic rings. The largest absolute Gasteiger partial charge is 0.444 e. The average Bonchev–Trinajstić information content (AvgIpc) is 2.74. The number of ether oxygens (including phenoxy) is 1. The van der Waals surface area contributed by atoms with Crippen LogP contribution in [-0.2, 0) is 11.3 Å². The number of nitrogens with one attached hydrogen (secondary N) is 2. The molecule has 0 aliphatic carbocycles. The molecule has 33 heavy (non-hydrogen) atoms. The normalized spacial score (nSPS) is 16.5. The van der Waals surface area contributed by atoms with Gasteiger partial charge in [-0.3, -0.25) is 4.79 Å². The highest BCUT2D eigenvalue weighted by atomic mass is 127. The quantitative estimate of drug-likeness (QED) is 0.308. The van der Waals surface area contributed by atoms with Crippen LogP contribution in [0.2, 0.25) is 0 Å². The van der Waals surface area contributed by atoms with Crippen LogP contribution in [0.15, 0.2) is 29.3 Å². The predicted molar refractivity (Wildman–Crippen MR) is 143 cm³/mol. The fraction of sp³-hybridized carbons (Fsp3) is 0.625. The van der Waals surface area contributed by atoms with Crippen molar-refractivity contribution in [1.82, 2.24) is 20.4 Å². The van der Waals surface area contributed by atoms with Gasteiger partial charge in [-0.1, -0.05) is 12.1 Å². The summed E-state index contributed by atoms with van der Waals surface area (Å²) in [6.45, 7) is 11.1. The third kappa shape index (κ3) is 10.2. The van der Waals surface area contributed by atoms with Gasteiger partial charge in [-0.15, -0.1) is 24.0 Å². The Morgan fingerprint density at radius 3 is 2.42 bits per heavy atom. The Hall–Kier alpha value is -2.04. The van der Waals surface area contributed by atoms with Gasteiger partial charge >= 0.3 is 6.09 Å². The van der Waals surface area contributed by atoms with Crippen molar-refractivity contribution in [1.29, 1.82) is 0 Å². The standard InChI is InChI=1S/C24H39N5O3.HI/c1-7-25-22(26-15-18-10-12-20(13-11-18)21(30)28(5)6)27-16-19-9-8-14-29(17-19)23(31)32-24(2,3)4;/h10-13,19H,7-9,14-17H2,1-6H3,(H2,25,26,27);1H. The Labute approximate surface area is 215 Å². The molecule has 1 fully saturated rings. The smallest absolute Gasteiger partial charge is 0.410 e. The Morgan fingerprint density at radius 2 is 1.85 bits per heavy atom. The topological polar surface area (TPSA) is 86.3 Å². The van der Waals surface area contributed by atoms with Crippen LogP contribution in [0.25, 0.3) is 0 Å². The van der Waals surface area contributed by atoms with Crippen LogP contribution in [0.3, 0.4) is 0 Å². The van der Waals surface area contributed by atoms with Crippen molar-refractivity contribution >= 4 is 41.9 Å². The van der Waals surface area contributed by atoms with Crippen LogP contribution in [0, 0.1) is 5.92 Å². The predicted octanol–water partition coefficient (Wildman–Crippen LogP) is 3.71. The van der Waals surface area contributed by atoms with Crippen molar-refractivity contribution in [3.8, 4) is 0 Å². The Kier molecular flexibility index (Phi) is 12.0. The van der Waals surface area contributed by atoms with Gasteiger partial charge in [0.05, 0.1) is 6.54 Å². The van der Waals surface area contributed by atoms with Gasteiger partial charge in [-0.2, -0.15) is 0 Å². The van der Waals surface area contributed by atoms with E-state index >= 15 is 0 Å². The summed E-state index contributed by atoms with van der Waals surface area (Å²) in [6, 6.07) is 7.54. The van der Waals surface area contributed by atoms with Crippen LogP contribution in [0.1, 0.15) is 56.5 Å². The second-order valence-electron chi connectivity index (χ2n) is 9.41. The lowest BCUT2D eigenvalue weighted by Crippen LogP contribution is -2.47. The maximum Gasteiger partial charge on any atom is 0.410 e. The maximum atomic E-state index is 12.4. The number of guanidine groups is 1. The van der Waals surface area contributed by atoms with Gasteiger partial charge in [-0.25, -0.2) is 9.79 Å². The summed E-state index contributed by atoms with van der Waals surface area (Å²) in [5.41, 5.74) is 1.22. The molecule has 1 aromatic carbocycles. The molecule has 2 rings (SSSR count). The summed E-state index contributed by atoms with van der Waals surface area (Å²) in [5, 5.41) is 6.69. The molecule has 1 unspecified atom stereocenters. The van der Waals surface area contributed by atoms with Gasteiger partial charge in [0, 0.05) is 45.8 Å². The number of nitrogens with zero attached hydrogens (tertiary/aromatic N) is 3.